The minimum atomic E-state index is -3.53. The van der Waals surface area contributed by atoms with Gasteiger partial charge in [0.05, 0.1) is 4.90 Å². The summed E-state index contributed by atoms with van der Waals surface area (Å²) in [6, 6.07) is 5.50. The molecule has 0 unspecified atom stereocenters. The summed E-state index contributed by atoms with van der Waals surface area (Å²) in [5.74, 6) is 0. The number of nitrogens with zero attached hydrogens (tertiary/aromatic N) is 1. The van der Waals surface area contributed by atoms with E-state index in [2.05, 4.69) is 20.7 Å². The van der Waals surface area contributed by atoms with Crippen molar-refractivity contribution in [1.82, 2.24) is 4.72 Å². The Bertz CT molecular complexity index is 602. The molecule has 1 fully saturated rings. The number of nitrogens with two attached hydrogens (primary N) is 1. The number of hydrogen-bond acceptors (Lipinski definition) is 4. The van der Waals surface area contributed by atoms with Gasteiger partial charge in [0.1, 0.15) is 0 Å². The van der Waals surface area contributed by atoms with Crippen LogP contribution in [0.2, 0.25) is 0 Å². The first kappa shape index (κ1) is 19.7. The number of anilines is 1. The molecule has 1 aromatic rings. The highest BCUT2D eigenvalue weighted by Crippen LogP contribution is 2.28. The number of nitrogens with one attached hydrogen (secondary N) is 1. The fourth-order valence-corrected chi connectivity index (χ4v) is 4.78. The Hall–Kier alpha value is -0.340. The third-order valence-electron chi connectivity index (χ3n) is 3.81. The van der Waals surface area contributed by atoms with Gasteiger partial charge in [-0.05, 0) is 59.8 Å². The second-order valence-electron chi connectivity index (χ2n) is 5.74. The molecule has 0 saturated heterocycles. The molecule has 0 spiro atoms. The van der Waals surface area contributed by atoms with Crippen LogP contribution in [0.1, 0.15) is 25.7 Å². The van der Waals surface area contributed by atoms with Gasteiger partial charge in [0, 0.05) is 36.3 Å². The Kier molecular flexibility index (Phi) is 7.14. The number of benzene rings is 1. The summed E-state index contributed by atoms with van der Waals surface area (Å²) in [6.07, 6.45) is 3.33. The highest BCUT2D eigenvalue weighted by atomic mass is 79.9. The zero-order chi connectivity index (χ0) is 15.6. The molecule has 3 N–H and O–H groups in total. The van der Waals surface area contributed by atoms with E-state index < -0.39 is 10.0 Å². The van der Waals surface area contributed by atoms with E-state index in [0.29, 0.717) is 4.47 Å². The van der Waals surface area contributed by atoms with Crippen LogP contribution in [0, 0.1) is 0 Å². The van der Waals surface area contributed by atoms with Crippen LogP contribution in [0.15, 0.2) is 27.6 Å². The van der Waals surface area contributed by atoms with Gasteiger partial charge in [0.2, 0.25) is 10.0 Å². The Labute approximate surface area is 147 Å². The van der Waals surface area contributed by atoms with Crippen LogP contribution < -0.4 is 15.4 Å². The summed E-state index contributed by atoms with van der Waals surface area (Å²) in [5, 5.41) is 0. The van der Waals surface area contributed by atoms with Crippen molar-refractivity contribution in [1.29, 1.82) is 0 Å². The average molecular weight is 413 g/mol. The molecule has 0 bridgehead atoms. The van der Waals surface area contributed by atoms with Gasteiger partial charge in [-0.1, -0.05) is 0 Å². The zero-order valence-corrected chi connectivity index (χ0v) is 16.0. The molecular formula is C14H23BrClN3O2S. The SMILES string of the molecule is CN(C)c1ccc(Br)c(S(=O)(=O)NC2CCC(N)CC2)c1.Cl. The van der Waals surface area contributed by atoms with E-state index in [4.69, 9.17) is 5.73 Å². The van der Waals surface area contributed by atoms with Crippen LogP contribution in [0.5, 0.6) is 0 Å². The van der Waals surface area contributed by atoms with Crippen molar-refractivity contribution in [3.8, 4) is 0 Å². The van der Waals surface area contributed by atoms with Crippen molar-refractivity contribution in [3.05, 3.63) is 22.7 Å². The Morgan fingerprint density at radius 3 is 2.36 bits per heavy atom. The lowest BCUT2D eigenvalue weighted by Gasteiger charge is -2.27. The van der Waals surface area contributed by atoms with Gasteiger partial charge in [-0.3, -0.25) is 0 Å². The van der Waals surface area contributed by atoms with Gasteiger partial charge in [-0.2, -0.15) is 0 Å². The topological polar surface area (TPSA) is 75.4 Å². The summed E-state index contributed by atoms with van der Waals surface area (Å²) in [5.41, 5.74) is 6.71. The van der Waals surface area contributed by atoms with Crippen molar-refractivity contribution < 1.29 is 8.42 Å². The molecule has 0 aromatic heterocycles. The lowest BCUT2D eigenvalue weighted by molar-refractivity contribution is 0.373. The number of halogens is 2. The molecule has 0 radical (unpaired) electrons. The van der Waals surface area contributed by atoms with E-state index in [1.165, 1.54) is 0 Å². The lowest BCUT2D eigenvalue weighted by atomic mass is 9.93. The van der Waals surface area contributed by atoms with Crippen molar-refractivity contribution in [2.75, 3.05) is 19.0 Å². The standard InChI is InChI=1S/C14H22BrN3O2S.ClH/c1-18(2)12-7-8-13(15)14(9-12)21(19,20)17-11-5-3-10(16)4-6-11;/h7-11,17H,3-6,16H2,1-2H3;1H. The van der Waals surface area contributed by atoms with Gasteiger partial charge >= 0.3 is 0 Å². The molecule has 0 aliphatic heterocycles. The van der Waals surface area contributed by atoms with Gasteiger partial charge in [-0.25, -0.2) is 13.1 Å². The van der Waals surface area contributed by atoms with Gasteiger partial charge in [0.15, 0.2) is 0 Å². The highest BCUT2D eigenvalue weighted by Gasteiger charge is 2.26. The molecular weight excluding hydrogens is 390 g/mol. The number of hydrogen-bond donors (Lipinski definition) is 2. The predicted molar refractivity (Wildman–Crippen MR) is 96.3 cm³/mol. The predicted octanol–water partition coefficient (Wildman–Crippen LogP) is 2.49. The molecule has 1 aliphatic carbocycles. The normalized spacial score (nSPS) is 22.0. The maximum Gasteiger partial charge on any atom is 0.242 e. The summed E-state index contributed by atoms with van der Waals surface area (Å²) < 4.78 is 28.6. The first-order valence-corrected chi connectivity index (χ1v) is 9.32. The fourth-order valence-electron chi connectivity index (χ4n) is 2.50. The van der Waals surface area contributed by atoms with Crippen LogP contribution in [-0.2, 0) is 10.0 Å². The fraction of sp³-hybridized carbons (Fsp3) is 0.571. The molecule has 0 amide bonds. The summed E-state index contributed by atoms with van der Waals surface area (Å²) in [6.45, 7) is 0. The van der Waals surface area contributed by atoms with Crippen molar-refractivity contribution >= 4 is 44.0 Å². The average Bonchev–Trinajstić information content (AvgIpc) is 2.41. The second kappa shape index (κ2) is 7.97. The molecule has 5 nitrogen and oxygen atoms in total. The van der Waals surface area contributed by atoms with Crippen molar-refractivity contribution in [3.63, 3.8) is 0 Å². The van der Waals surface area contributed by atoms with Crippen LogP contribution in [0.25, 0.3) is 0 Å². The molecule has 1 aliphatic rings. The molecule has 126 valence electrons. The van der Waals surface area contributed by atoms with Crippen LogP contribution in [0.4, 0.5) is 5.69 Å². The number of sulfonamides is 1. The second-order valence-corrected chi connectivity index (χ2v) is 8.28. The third-order valence-corrected chi connectivity index (χ3v) is 6.33. The Morgan fingerprint density at radius 2 is 1.82 bits per heavy atom. The molecule has 0 atom stereocenters. The lowest BCUT2D eigenvalue weighted by Crippen LogP contribution is -2.40. The van der Waals surface area contributed by atoms with Crippen LogP contribution >= 0.6 is 28.3 Å². The van der Waals surface area contributed by atoms with Crippen molar-refractivity contribution in [2.24, 2.45) is 5.73 Å². The highest BCUT2D eigenvalue weighted by molar-refractivity contribution is 9.10. The van der Waals surface area contributed by atoms with E-state index in [9.17, 15) is 8.42 Å². The molecule has 0 heterocycles. The van der Waals surface area contributed by atoms with Gasteiger partial charge < -0.3 is 10.6 Å². The minimum absolute atomic E-state index is 0. The maximum atomic E-state index is 12.6. The molecule has 8 heteroatoms. The quantitative estimate of drug-likeness (QED) is 0.796. The Morgan fingerprint density at radius 1 is 1.23 bits per heavy atom. The summed E-state index contributed by atoms with van der Waals surface area (Å²) in [4.78, 5) is 2.16. The monoisotopic (exact) mass is 411 g/mol. The smallest absolute Gasteiger partial charge is 0.242 e. The first-order chi connectivity index (χ1) is 9.79. The van der Waals surface area contributed by atoms with E-state index in [1.807, 2.05) is 25.1 Å². The van der Waals surface area contributed by atoms with E-state index in [-0.39, 0.29) is 29.4 Å². The Balaban J connectivity index is 0.00000242. The molecule has 22 heavy (non-hydrogen) atoms. The van der Waals surface area contributed by atoms with Crippen molar-refractivity contribution in [2.45, 2.75) is 42.7 Å². The van der Waals surface area contributed by atoms with Crippen LogP contribution in [0.3, 0.4) is 0 Å². The van der Waals surface area contributed by atoms with Crippen LogP contribution in [-0.4, -0.2) is 34.6 Å². The van der Waals surface area contributed by atoms with E-state index >= 15 is 0 Å². The largest absolute Gasteiger partial charge is 0.378 e. The van der Waals surface area contributed by atoms with Gasteiger partial charge in [0.25, 0.3) is 0 Å². The third kappa shape index (κ3) is 4.83. The summed E-state index contributed by atoms with van der Waals surface area (Å²) in [7, 11) is 0.241. The minimum Gasteiger partial charge on any atom is -0.378 e. The van der Waals surface area contributed by atoms with E-state index in [0.717, 1.165) is 31.4 Å². The molecule has 1 saturated carbocycles. The maximum absolute atomic E-state index is 12.6. The summed E-state index contributed by atoms with van der Waals surface area (Å²) >= 11 is 3.33. The van der Waals surface area contributed by atoms with E-state index in [1.54, 1.807) is 12.1 Å². The zero-order valence-electron chi connectivity index (χ0n) is 12.8. The molecule has 1 aromatic carbocycles. The number of rotatable bonds is 4. The molecule has 2 rings (SSSR count). The first-order valence-electron chi connectivity index (χ1n) is 7.04. The van der Waals surface area contributed by atoms with Gasteiger partial charge in [-0.15, -0.1) is 12.4 Å².